The highest BCUT2D eigenvalue weighted by molar-refractivity contribution is 7.90. The van der Waals surface area contributed by atoms with E-state index < -0.39 is 9.84 Å². The van der Waals surface area contributed by atoms with Crippen LogP contribution in [-0.4, -0.2) is 94.1 Å². The minimum absolute atomic E-state index is 0.107. The molecule has 0 aliphatic carbocycles. The largest absolute Gasteiger partial charge is 0.438 e. The van der Waals surface area contributed by atoms with Crippen LogP contribution in [0.1, 0.15) is 24.8 Å². The number of aromatic nitrogens is 1. The van der Waals surface area contributed by atoms with E-state index in [0.29, 0.717) is 34.1 Å². The van der Waals surface area contributed by atoms with Gasteiger partial charge in [0.2, 0.25) is 5.88 Å². The van der Waals surface area contributed by atoms with Gasteiger partial charge in [-0.05, 0) is 87.8 Å². The number of rotatable bonds is 12. The van der Waals surface area contributed by atoms with Crippen molar-refractivity contribution in [1.82, 2.24) is 25.4 Å². The minimum Gasteiger partial charge on any atom is -0.438 e. The Morgan fingerprint density at radius 3 is 2.49 bits per heavy atom. The number of hydrogen-bond donors (Lipinski definition) is 3. The lowest BCUT2D eigenvalue weighted by Crippen LogP contribution is -2.36. The lowest BCUT2D eigenvalue weighted by Gasteiger charge is -2.32. The molecule has 1 atom stereocenters. The maximum atomic E-state index is 11.6. The minimum atomic E-state index is -2.98. The Balaban J connectivity index is 1.47. The van der Waals surface area contributed by atoms with Crippen LogP contribution < -0.4 is 21.1 Å². The van der Waals surface area contributed by atoms with E-state index in [4.69, 9.17) is 38.7 Å². The summed E-state index contributed by atoms with van der Waals surface area (Å²) < 4.78 is 29.4. The fourth-order valence-electron chi connectivity index (χ4n) is 5.53. The maximum absolute atomic E-state index is 11.6. The van der Waals surface area contributed by atoms with Crippen LogP contribution in [-0.2, 0) is 16.4 Å². The number of halogens is 2. The Morgan fingerprint density at radius 1 is 1.09 bits per heavy atom. The van der Waals surface area contributed by atoms with Gasteiger partial charge in [-0.1, -0.05) is 29.3 Å². The molecular formula is C31H44Cl2N6O3S. The van der Waals surface area contributed by atoms with Crippen molar-refractivity contribution in [3.05, 3.63) is 70.1 Å². The summed E-state index contributed by atoms with van der Waals surface area (Å²) in [5.41, 5.74) is 8.61. The van der Waals surface area contributed by atoms with E-state index in [-0.39, 0.29) is 11.8 Å². The quantitative estimate of drug-likeness (QED) is 0.232. The Labute approximate surface area is 266 Å². The summed E-state index contributed by atoms with van der Waals surface area (Å²) in [7, 11) is -0.970. The van der Waals surface area contributed by atoms with Crippen LogP contribution in [0.15, 0.2) is 54.4 Å². The van der Waals surface area contributed by atoms with Crippen molar-refractivity contribution in [2.24, 2.45) is 11.7 Å². The van der Waals surface area contributed by atoms with E-state index in [9.17, 15) is 8.42 Å². The molecule has 1 aromatic heterocycles. The van der Waals surface area contributed by atoms with Crippen LogP contribution in [0.25, 0.3) is 11.3 Å². The first-order valence-electron chi connectivity index (χ1n) is 14.9. The van der Waals surface area contributed by atoms with Crippen LogP contribution in [0.5, 0.6) is 5.88 Å². The normalized spacial score (nSPS) is 20.0. The number of hydrogen-bond acceptors (Lipinski definition) is 9. The number of piperidine rings is 1. The molecule has 2 aliphatic rings. The number of likely N-dealkylation sites (tertiary alicyclic amines) is 1. The highest BCUT2D eigenvalue weighted by Gasteiger charge is 2.20. The zero-order chi connectivity index (χ0) is 30.8. The van der Waals surface area contributed by atoms with Crippen molar-refractivity contribution in [2.45, 2.75) is 31.8 Å². The van der Waals surface area contributed by atoms with Gasteiger partial charge < -0.3 is 26.0 Å². The predicted molar refractivity (Wildman–Crippen MR) is 176 cm³/mol. The van der Waals surface area contributed by atoms with E-state index in [1.807, 2.05) is 37.4 Å². The van der Waals surface area contributed by atoms with Crippen molar-refractivity contribution >= 4 is 33.0 Å². The highest BCUT2D eigenvalue weighted by Crippen LogP contribution is 2.30. The smallest absolute Gasteiger partial charge is 0.220 e. The van der Waals surface area contributed by atoms with Gasteiger partial charge in [-0.15, -0.1) is 0 Å². The van der Waals surface area contributed by atoms with Crippen molar-refractivity contribution < 1.29 is 13.2 Å². The molecule has 4 N–H and O–H groups in total. The maximum Gasteiger partial charge on any atom is 0.220 e. The molecule has 1 aromatic carbocycles. The van der Waals surface area contributed by atoms with E-state index in [1.54, 1.807) is 6.07 Å². The SMILES string of the molecule is CNCC1CCN(Cc2cc(OC(/C=C\C3CCN(CCS(C)(=O)=O)CCN3)=C/N)nc(-c3cc(Cl)cc(Cl)c3)c2)CC1. The van der Waals surface area contributed by atoms with E-state index in [2.05, 4.69) is 26.5 Å². The number of pyridine rings is 1. The first kappa shape index (κ1) is 33.7. The van der Waals surface area contributed by atoms with Gasteiger partial charge in [0.15, 0.2) is 0 Å². The number of nitrogens with zero attached hydrogens (tertiary/aromatic N) is 3. The molecule has 0 spiro atoms. The Kier molecular flexibility index (Phi) is 12.7. The zero-order valence-electron chi connectivity index (χ0n) is 25.1. The van der Waals surface area contributed by atoms with Crippen LogP contribution in [0.2, 0.25) is 10.0 Å². The van der Waals surface area contributed by atoms with Crippen molar-refractivity contribution in [3.8, 4) is 17.1 Å². The summed E-state index contributed by atoms with van der Waals surface area (Å²) in [6, 6.07) is 9.55. The monoisotopic (exact) mass is 650 g/mol. The molecule has 43 heavy (non-hydrogen) atoms. The van der Waals surface area contributed by atoms with Gasteiger partial charge in [-0.2, -0.15) is 0 Å². The van der Waals surface area contributed by atoms with Crippen LogP contribution in [0, 0.1) is 5.92 Å². The number of benzene rings is 1. The topological polar surface area (TPSA) is 113 Å². The molecule has 0 radical (unpaired) electrons. The Morgan fingerprint density at radius 2 is 1.81 bits per heavy atom. The molecule has 2 saturated heterocycles. The third kappa shape index (κ3) is 11.4. The summed E-state index contributed by atoms with van der Waals surface area (Å²) in [6.45, 7) is 6.84. The summed E-state index contributed by atoms with van der Waals surface area (Å²) in [6.07, 6.45) is 9.79. The highest BCUT2D eigenvalue weighted by atomic mass is 35.5. The first-order chi connectivity index (χ1) is 20.6. The fraction of sp³-hybridized carbons (Fsp3) is 0.516. The molecule has 0 bridgehead atoms. The fourth-order valence-corrected chi connectivity index (χ4v) is 6.65. The van der Waals surface area contributed by atoms with E-state index >= 15 is 0 Å². The Bertz CT molecular complexity index is 1360. The van der Waals surface area contributed by atoms with E-state index in [1.165, 1.54) is 25.3 Å². The molecule has 4 rings (SSSR count). The standard InChI is InChI=1S/C31H44Cl2N6O3S/c1-35-21-23-5-9-39(10-6-23)22-24-15-30(25-17-26(32)19-27(33)18-25)37-31(16-24)42-29(20-34)4-3-28-7-11-38(12-8-36-28)13-14-43(2,40)41/h3-4,15-20,23,28,35-36H,5-14,21-22,34H2,1-2H3/b4-3-,29-20+. The average Bonchev–Trinajstić information content (AvgIpc) is 3.19. The lowest BCUT2D eigenvalue weighted by atomic mass is 9.96. The molecule has 0 saturated carbocycles. The van der Waals surface area contributed by atoms with Crippen LogP contribution in [0.4, 0.5) is 0 Å². The number of nitrogens with two attached hydrogens (primary N) is 1. The van der Waals surface area contributed by atoms with E-state index in [0.717, 1.165) is 69.1 Å². The summed E-state index contributed by atoms with van der Waals surface area (Å²) in [4.78, 5) is 9.44. The first-order valence-corrected chi connectivity index (χ1v) is 17.7. The molecule has 236 valence electrons. The number of ether oxygens (including phenoxy) is 1. The van der Waals surface area contributed by atoms with Gasteiger partial charge in [0.1, 0.15) is 15.6 Å². The number of sulfone groups is 1. The Hall–Kier alpha value is -2.18. The molecule has 2 aliphatic heterocycles. The van der Waals surface area contributed by atoms with Gasteiger partial charge in [0.25, 0.3) is 0 Å². The summed E-state index contributed by atoms with van der Waals surface area (Å²) in [5.74, 6) is 1.80. The molecule has 0 amide bonds. The van der Waals surface area contributed by atoms with Gasteiger partial charge >= 0.3 is 0 Å². The summed E-state index contributed by atoms with van der Waals surface area (Å²) in [5, 5.41) is 7.89. The van der Waals surface area contributed by atoms with Gasteiger partial charge in [-0.3, -0.25) is 4.90 Å². The van der Waals surface area contributed by atoms with Crippen LogP contribution in [0.3, 0.4) is 0 Å². The number of nitrogens with one attached hydrogen (secondary N) is 2. The molecule has 3 heterocycles. The molecular weight excluding hydrogens is 607 g/mol. The van der Waals surface area contributed by atoms with Crippen LogP contribution >= 0.6 is 23.2 Å². The second-order valence-corrected chi connectivity index (χ2v) is 14.6. The predicted octanol–water partition coefficient (Wildman–Crippen LogP) is 3.93. The third-order valence-electron chi connectivity index (χ3n) is 7.87. The second-order valence-electron chi connectivity index (χ2n) is 11.5. The molecule has 2 fully saturated rings. The third-order valence-corrected chi connectivity index (χ3v) is 9.24. The number of allylic oxidation sites excluding steroid dienone is 1. The van der Waals surface area contributed by atoms with Crippen molar-refractivity contribution in [3.63, 3.8) is 0 Å². The van der Waals surface area contributed by atoms with Crippen molar-refractivity contribution in [2.75, 3.05) is 64.9 Å². The zero-order valence-corrected chi connectivity index (χ0v) is 27.4. The molecule has 12 heteroatoms. The lowest BCUT2D eigenvalue weighted by molar-refractivity contribution is 0.176. The molecule has 1 unspecified atom stereocenters. The van der Waals surface area contributed by atoms with Crippen molar-refractivity contribution in [1.29, 1.82) is 0 Å². The van der Waals surface area contributed by atoms with Gasteiger partial charge in [0.05, 0.1) is 11.4 Å². The summed E-state index contributed by atoms with van der Waals surface area (Å²) >= 11 is 12.7. The van der Waals surface area contributed by atoms with Gasteiger partial charge in [0, 0.05) is 72.9 Å². The molecule has 2 aromatic rings. The average molecular weight is 652 g/mol. The molecule has 9 nitrogen and oxygen atoms in total. The van der Waals surface area contributed by atoms with Gasteiger partial charge in [-0.25, -0.2) is 13.4 Å². The second kappa shape index (κ2) is 16.2.